The first-order valence-electron chi connectivity index (χ1n) is 14.0. The molecule has 0 saturated carbocycles. The Bertz CT molecular complexity index is 1900. The molecule has 7 nitrogen and oxygen atoms in total. The zero-order chi connectivity index (χ0) is 30.7. The normalized spacial score (nSPS) is 11.4. The number of ether oxygens (including phenoxy) is 3. The molecule has 43 heavy (non-hydrogen) atoms. The van der Waals surface area contributed by atoms with Gasteiger partial charge in [-0.3, -0.25) is 4.79 Å². The maximum atomic E-state index is 13.8. The Morgan fingerprint density at radius 3 is 2.44 bits per heavy atom. The number of hydrogen-bond acceptors (Lipinski definition) is 6. The van der Waals surface area contributed by atoms with Crippen molar-refractivity contribution in [3.05, 3.63) is 115 Å². The molecular weight excluding hydrogens is 606 g/mol. The molecule has 0 fully saturated rings. The van der Waals surface area contributed by atoms with Gasteiger partial charge in [0.25, 0.3) is 5.56 Å². The van der Waals surface area contributed by atoms with Gasteiger partial charge in [0, 0.05) is 5.56 Å². The SMILES string of the molecule is COc1cc(C)c(-c2nc3ccccc3c(=O)n2N=Cc2cc(Br)c(OCc3cccc(C)c3)c(OC)c2)cc1C(C)C. The lowest BCUT2D eigenvalue weighted by Crippen LogP contribution is -2.20. The molecule has 0 saturated heterocycles. The number of para-hydroxylation sites is 1. The third kappa shape index (κ3) is 6.34. The van der Waals surface area contributed by atoms with Crippen LogP contribution in [0.4, 0.5) is 0 Å². The van der Waals surface area contributed by atoms with Crippen LogP contribution in [0.3, 0.4) is 0 Å². The van der Waals surface area contributed by atoms with Crippen LogP contribution in [0.15, 0.2) is 87.2 Å². The molecule has 5 aromatic rings. The van der Waals surface area contributed by atoms with Crippen molar-refractivity contribution in [1.29, 1.82) is 0 Å². The van der Waals surface area contributed by atoms with E-state index in [0.717, 1.165) is 28.0 Å². The number of rotatable bonds is 9. The number of methoxy groups -OCH3 is 2. The first-order valence-corrected chi connectivity index (χ1v) is 14.8. The van der Waals surface area contributed by atoms with Crippen molar-refractivity contribution in [1.82, 2.24) is 9.66 Å². The highest BCUT2D eigenvalue weighted by atomic mass is 79.9. The van der Waals surface area contributed by atoms with E-state index in [2.05, 4.69) is 53.9 Å². The standard InChI is InChI=1S/C35H34BrN3O4/c1-21(2)27-18-28(23(4)15-31(27)41-5)34-38-30-13-8-7-12-26(30)35(40)39(34)37-19-25-16-29(36)33(32(17-25)42-6)43-20-24-11-9-10-22(3)14-24/h7-19,21H,20H2,1-6H3. The van der Waals surface area contributed by atoms with Crippen molar-refractivity contribution in [2.24, 2.45) is 5.10 Å². The van der Waals surface area contributed by atoms with Gasteiger partial charge < -0.3 is 14.2 Å². The lowest BCUT2D eigenvalue weighted by atomic mass is 9.96. The van der Waals surface area contributed by atoms with Crippen LogP contribution in [0.25, 0.3) is 22.3 Å². The Morgan fingerprint density at radius 2 is 1.72 bits per heavy atom. The van der Waals surface area contributed by atoms with Gasteiger partial charge in [-0.25, -0.2) is 4.98 Å². The zero-order valence-electron chi connectivity index (χ0n) is 25.1. The van der Waals surface area contributed by atoms with Gasteiger partial charge >= 0.3 is 0 Å². The summed E-state index contributed by atoms with van der Waals surface area (Å²) >= 11 is 3.64. The monoisotopic (exact) mass is 639 g/mol. The van der Waals surface area contributed by atoms with E-state index >= 15 is 0 Å². The lowest BCUT2D eigenvalue weighted by molar-refractivity contribution is 0.282. The van der Waals surface area contributed by atoms with E-state index in [0.29, 0.717) is 44.9 Å². The minimum atomic E-state index is -0.262. The summed E-state index contributed by atoms with van der Waals surface area (Å²) in [6.45, 7) is 8.64. The maximum absolute atomic E-state index is 13.8. The highest BCUT2D eigenvalue weighted by Gasteiger charge is 2.19. The number of hydrogen-bond donors (Lipinski definition) is 0. The van der Waals surface area contributed by atoms with Gasteiger partial charge in [0.05, 0.1) is 35.8 Å². The third-order valence-electron chi connectivity index (χ3n) is 7.23. The molecule has 0 N–H and O–H groups in total. The van der Waals surface area contributed by atoms with Crippen LogP contribution in [0, 0.1) is 13.8 Å². The molecule has 220 valence electrons. The van der Waals surface area contributed by atoms with Crippen LogP contribution in [0.1, 0.15) is 47.6 Å². The van der Waals surface area contributed by atoms with E-state index < -0.39 is 0 Å². The fraction of sp³-hybridized carbons (Fsp3) is 0.229. The van der Waals surface area contributed by atoms with E-state index in [1.807, 2.05) is 61.5 Å². The van der Waals surface area contributed by atoms with E-state index in [9.17, 15) is 4.79 Å². The van der Waals surface area contributed by atoms with Gasteiger partial charge in [-0.15, -0.1) is 0 Å². The summed E-state index contributed by atoms with van der Waals surface area (Å²) in [4.78, 5) is 18.7. The molecule has 0 atom stereocenters. The number of benzene rings is 4. The maximum Gasteiger partial charge on any atom is 0.282 e. The Balaban J connectivity index is 1.59. The second-order valence-electron chi connectivity index (χ2n) is 10.7. The number of halogens is 1. The fourth-order valence-electron chi connectivity index (χ4n) is 5.01. The fourth-order valence-corrected chi connectivity index (χ4v) is 5.58. The van der Waals surface area contributed by atoms with Crippen molar-refractivity contribution in [2.45, 2.75) is 40.2 Å². The Morgan fingerprint density at radius 1 is 0.953 bits per heavy atom. The Hall–Kier alpha value is -4.43. The summed E-state index contributed by atoms with van der Waals surface area (Å²) in [7, 11) is 3.26. The zero-order valence-corrected chi connectivity index (χ0v) is 26.7. The summed E-state index contributed by atoms with van der Waals surface area (Å²) in [5.41, 5.74) is 6.04. The average Bonchev–Trinajstić information content (AvgIpc) is 2.99. The molecule has 1 heterocycles. The molecule has 5 rings (SSSR count). The third-order valence-corrected chi connectivity index (χ3v) is 7.82. The van der Waals surface area contributed by atoms with Gasteiger partial charge in [0.15, 0.2) is 17.3 Å². The molecule has 0 aliphatic carbocycles. The van der Waals surface area contributed by atoms with Crippen LogP contribution >= 0.6 is 15.9 Å². The quantitative estimate of drug-likeness (QED) is 0.153. The van der Waals surface area contributed by atoms with Gasteiger partial charge in [-0.05, 0) is 94.3 Å². The van der Waals surface area contributed by atoms with E-state index in [1.54, 1.807) is 26.5 Å². The predicted molar refractivity (Wildman–Crippen MR) is 176 cm³/mol. The van der Waals surface area contributed by atoms with Crippen LogP contribution in [-0.4, -0.2) is 30.1 Å². The minimum Gasteiger partial charge on any atom is -0.496 e. The van der Waals surface area contributed by atoms with Crippen LogP contribution in [0.2, 0.25) is 0 Å². The van der Waals surface area contributed by atoms with Crippen LogP contribution < -0.4 is 19.8 Å². The van der Waals surface area contributed by atoms with Crippen molar-refractivity contribution in [2.75, 3.05) is 14.2 Å². The van der Waals surface area contributed by atoms with E-state index in [1.165, 1.54) is 10.2 Å². The minimum absolute atomic E-state index is 0.204. The summed E-state index contributed by atoms with van der Waals surface area (Å²) in [6, 6.07) is 23.2. The molecule has 0 unspecified atom stereocenters. The molecule has 4 aromatic carbocycles. The van der Waals surface area contributed by atoms with Gasteiger partial charge in [-0.1, -0.05) is 55.8 Å². The van der Waals surface area contributed by atoms with Crippen molar-refractivity contribution in [3.8, 4) is 28.6 Å². The van der Waals surface area contributed by atoms with E-state index in [4.69, 9.17) is 19.2 Å². The second-order valence-corrected chi connectivity index (χ2v) is 11.5. The molecule has 1 aromatic heterocycles. The highest BCUT2D eigenvalue weighted by Crippen LogP contribution is 2.37. The first kappa shape index (κ1) is 30.0. The Labute approximate surface area is 259 Å². The van der Waals surface area contributed by atoms with Gasteiger partial charge in [0.2, 0.25) is 0 Å². The molecule has 0 aliphatic heterocycles. The number of nitrogens with zero attached hydrogens (tertiary/aromatic N) is 3. The molecule has 0 spiro atoms. The second kappa shape index (κ2) is 12.8. The van der Waals surface area contributed by atoms with Gasteiger partial charge in [0.1, 0.15) is 12.4 Å². The lowest BCUT2D eigenvalue weighted by Gasteiger charge is -2.17. The molecule has 0 aliphatic rings. The van der Waals surface area contributed by atoms with Crippen molar-refractivity contribution in [3.63, 3.8) is 0 Å². The summed E-state index contributed by atoms with van der Waals surface area (Å²) in [5, 5.41) is 5.16. The van der Waals surface area contributed by atoms with Crippen molar-refractivity contribution >= 4 is 33.0 Å². The molecule has 0 bridgehead atoms. The Kier molecular flexibility index (Phi) is 8.97. The molecular formula is C35H34BrN3O4. The van der Waals surface area contributed by atoms with Crippen molar-refractivity contribution < 1.29 is 14.2 Å². The molecule has 0 radical (unpaired) electrons. The summed E-state index contributed by atoms with van der Waals surface area (Å²) in [6.07, 6.45) is 1.63. The van der Waals surface area contributed by atoms with E-state index in [-0.39, 0.29) is 11.5 Å². The first-order chi connectivity index (χ1) is 20.7. The number of aryl methyl sites for hydroxylation is 2. The number of aromatic nitrogens is 2. The van der Waals surface area contributed by atoms with Gasteiger partial charge in [-0.2, -0.15) is 9.78 Å². The molecule has 8 heteroatoms. The number of fused-ring (bicyclic) bond motifs is 1. The smallest absolute Gasteiger partial charge is 0.282 e. The average molecular weight is 641 g/mol. The highest BCUT2D eigenvalue weighted by molar-refractivity contribution is 9.10. The molecule has 0 amide bonds. The summed E-state index contributed by atoms with van der Waals surface area (Å²) < 4.78 is 19.5. The van der Waals surface area contributed by atoms with Crippen LogP contribution in [0.5, 0.6) is 17.2 Å². The van der Waals surface area contributed by atoms with Crippen LogP contribution in [-0.2, 0) is 6.61 Å². The predicted octanol–water partition coefficient (Wildman–Crippen LogP) is 8.04. The summed E-state index contributed by atoms with van der Waals surface area (Å²) in [5.74, 6) is 2.58. The largest absolute Gasteiger partial charge is 0.496 e. The topological polar surface area (TPSA) is 74.9 Å².